The fourth-order valence-corrected chi connectivity index (χ4v) is 2.21. The van der Waals surface area contributed by atoms with E-state index in [1.54, 1.807) is 18.2 Å². The van der Waals surface area contributed by atoms with E-state index in [0.717, 1.165) is 0 Å². The number of ketones is 1. The first-order valence-electron chi connectivity index (χ1n) is 6.84. The van der Waals surface area contributed by atoms with E-state index in [0.29, 0.717) is 27.6 Å². The van der Waals surface area contributed by atoms with E-state index in [4.69, 9.17) is 21.1 Å². The first-order valence-corrected chi connectivity index (χ1v) is 7.22. The number of hydrogen-bond acceptors (Lipinski definition) is 5. The molecule has 0 saturated heterocycles. The van der Waals surface area contributed by atoms with Crippen molar-refractivity contribution in [2.45, 2.75) is 0 Å². The molecule has 2 rings (SSSR count). The summed E-state index contributed by atoms with van der Waals surface area (Å²) in [7, 11) is 2.95. The van der Waals surface area contributed by atoms with Gasteiger partial charge in [-0.15, -0.1) is 0 Å². The van der Waals surface area contributed by atoms with E-state index >= 15 is 0 Å². The topological polar surface area (TPSA) is 78.7 Å². The van der Waals surface area contributed by atoms with E-state index < -0.39 is 4.92 Å². The highest BCUT2D eigenvalue weighted by molar-refractivity contribution is 6.32. The zero-order chi connectivity index (χ0) is 17.7. The highest BCUT2D eigenvalue weighted by Crippen LogP contribution is 2.26. The quantitative estimate of drug-likeness (QED) is 0.339. The molecule has 7 heteroatoms. The van der Waals surface area contributed by atoms with Crippen LogP contribution < -0.4 is 9.47 Å². The molecule has 6 nitrogen and oxygen atoms in total. The van der Waals surface area contributed by atoms with Gasteiger partial charge in [-0.2, -0.15) is 0 Å². The lowest BCUT2D eigenvalue weighted by molar-refractivity contribution is -0.384. The summed E-state index contributed by atoms with van der Waals surface area (Å²) in [5, 5.41) is 11.1. The van der Waals surface area contributed by atoms with Gasteiger partial charge < -0.3 is 9.47 Å². The lowest BCUT2D eigenvalue weighted by Crippen LogP contribution is -2.00. The van der Waals surface area contributed by atoms with E-state index in [2.05, 4.69) is 0 Å². The zero-order valence-corrected chi connectivity index (χ0v) is 13.7. The summed E-state index contributed by atoms with van der Waals surface area (Å²) in [6.07, 6.45) is 2.71. The molecule has 0 bridgehead atoms. The molecule has 0 amide bonds. The summed E-state index contributed by atoms with van der Waals surface area (Å²) >= 11 is 6.01. The Bertz CT molecular complexity index is 817. The molecule has 2 aromatic rings. The maximum Gasteiger partial charge on any atom is 0.270 e. The van der Waals surface area contributed by atoms with Gasteiger partial charge >= 0.3 is 0 Å². The van der Waals surface area contributed by atoms with Crippen molar-refractivity contribution >= 4 is 29.1 Å². The molecule has 0 aromatic heterocycles. The Morgan fingerprint density at radius 3 is 2.54 bits per heavy atom. The molecule has 124 valence electrons. The van der Waals surface area contributed by atoms with Crippen LogP contribution >= 0.6 is 11.6 Å². The molecule has 0 aliphatic heterocycles. The average Bonchev–Trinajstić information content (AvgIpc) is 2.59. The molecule has 2 aromatic carbocycles. The molecule has 0 N–H and O–H groups in total. The third-order valence-corrected chi connectivity index (χ3v) is 3.62. The zero-order valence-electron chi connectivity index (χ0n) is 13.0. The van der Waals surface area contributed by atoms with Crippen molar-refractivity contribution in [3.8, 4) is 11.5 Å². The van der Waals surface area contributed by atoms with Gasteiger partial charge in [-0.3, -0.25) is 14.9 Å². The largest absolute Gasteiger partial charge is 0.497 e. The van der Waals surface area contributed by atoms with Crippen LogP contribution in [0.2, 0.25) is 5.02 Å². The van der Waals surface area contributed by atoms with E-state index in [1.165, 1.54) is 44.6 Å². The molecule has 0 aliphatic carbocycles. The summed E-state index contributed by atoms with van der Waals surface area (Å²) in [5.41, 5.74) is 0.584. The molecule has 0 saturated carbocycles. The number of benzene rings is 2. The van der Waals surface area contributed by atoms with Crippen molar-refractivity contribution in [1.29, 1.82) is 0 Å². The number of carbonyl (C=O) groups excluding carboxylic acids is 1. The Balaban J connectivity index is 2.34. The summed E-state index contributed by atoms with van der Waals surface area (Å²) in [5.74, 6) is 0.574. The Morgan fingerprint density at radius 2 is 1.92 bits per heavy atom. The predicted molar refractivity (Wildman–Crippen MR) is 91.0 cm³/mol. The third kappa shape index (κ3) is 3.91. The number of carbonyl (C=O) groups is 1. The van der Waals surface area contributed by atoms with Crippen LogP contribution in [0.5, 0.6) is 11.5 Å². The highest BCUT2D eigenvalue weighted by atomic mass is 35.5. The van der Waals surface area contributed by atoms with Gasteiger partial charge in [0.2, 0.25) is 0 Å². The number of methoxy groups -OCH3 is 2. The molecule has 0 radical (unpaired) electrons. The standard InChI is InChI=1S/C17H14ClNO5/c1-23-13-5-8-17(24-2)14(10-13)16(20)7-3-11-9-12(19(21)22)4-6-15(11)18/h3-10H,1-2H3/b7-3+. The van der Waals surface area contributed by atoms with Crippen molar-refractivity contribution < 1.29 is 19.2 Å². The number of nitrogens with zero attached hydrogens (tertiary/aromatic N) is 1. The van der Waals surface area contributed by atoms with Crippen molar-refractivity contribution in [3.63, 3.8) is 0 Å². The highest BCUT2D eigenvalue weighted by Gasteiger charge is 2.12. The van der Waals surface area contributed by atoms with Crippen molar-refractivity contribution in [2.75, 3.05) is 14.2 Å². The molecule has 0 unspecified atom stereocenters. The van der Waals surface area contributed by atoms with E-state index in [-0.39, 0.29) is 11.5 Å². The number of ether oxygens (including phenoxy) is 2. The van der Waals surface area contributed by atoms with Gasteiger partial charge in [0.25, 0.3) is 5.69 Å². The van der Waals surface area contributed by atoms with Gasteiger partial charge in [-0.1, -0.05) is 11.6 Å². The Kier molecular flexibility index (Phi) is 5.55. The maximum atomic E-state index is 12.4. The number of rotatable bonds is 6. The number of halogens is 1. The van der Waals surface area contributed by atoms with Crippen molar-refractivity contribution in [1.82, 2.24) is 0 Å². The van der Waals surface area contributed by atoms with Crippen LogP contribution in [0.3, 0.4) is 0 Å². The Labute approximate surface area is 143 Å². The average molecular weight is 348 g/mol. The van der Waals surface area contributed by atoms with Crippen molar-refractivity contribution in [2.24, 2.45) is 0 Å². The lowest BCUT2D eigenvalue weighted by atomic mass is 10.1. The molecular formula is C17H14ClNO5. The third-order valence-electron chi connectivity index (χ3n) is 3.28. The van der Waals surface area contributed by atoms with Gasteiger partial charge in [0.05, 0.1) is 24.7 Å². The minimum Gasteiger partial charge on any atom is -0.497 e. The number of allylic oxidation sites excluding steroid dienone is 1. The monoisotopic (exact) mass is 347 g/mol. The van der Waals surface area contributed by atoms with Gasteiger partial charge in [-0.05, 0) is 42.0 Å². The van der Waals surface area contributed by atoms with Crippen LogP contribution in [0, 0.1) is 10.1 Å². The van der Waals surface area contributed by atoms with Gasteiger partial charge in [0.15, 0.2) is 5.78 Å². The Hall–Kier alpha value is -2.86. The fraction of sp³-hybridized carbons (Fsp3) is 0.118. The van der Waals surface area contributed by atoms with Crippen LogP contribution in [-0.4, -0.2) is 24.9 Å². The second-order valence-corrected chi connectivity index (χ2v) is 5.13. The van der Waals surface area contributed by atoms with Crippen LogP contribution in [-0.2, 0) is 0 Å². The summed E-state index contributed by atoms with van der Waals surface area (Å²) in [4.78, 5) is 22.7. The molecule has 24 heavy (non-hydrogen) atoms. The summed E-state index contributed by atoms with van der Waals surface area (Å²) in [6.45, 7) is 0. The molecule has 0 spiro atoms. The normalized spacial score (nSPS) is 10.6. The molecule has 0 atom stereocenters. The number of hydrogen-bond donors (Lipinski definition) is 0. The second kappa shape index (κ2) is 7.61. The maximum absolute atomic E-state index is 12.4. The first kappa shape index (κ1) is 17.5. The van der Waals surface area contributed by atoms with Gasteiger partial charge in [0.1, 0.15) is 11.5 Å². The smallest absolute Gasteiger partial charge is 0.270 e. The predicted octanol–water partition coefficient (Wildman–Crippen LogP) is 4.16. The Morgan fingerprint density at radius 1 is 1.17 bits per heavy atom. The lowest BCUT2D eigenvalue weighted by Gasteiger charge is -2.08. The molecular weight excluding hydrogens is 334 g/mol. The number of nitro benzene ring substituents is 1. The fourth-order valence-electron chi connectivity index (χ4n) is 2.03. The van der Waals surface area contributed by atoms with Crippen LogP contribution in [0.15, 0.2) is 42.5 Å². The molecule has 0 heterocycles. The second-order valence-electron chi connectivity index (χ2n) is 4.73. The van der Waals surface area contributed by atoms with Gasteiger partial charge in [-0.25, -0.2) is 0 Å². The van der Waals surface area contributed by atoms with Crippen LogP contribution in [0.1, 0.15) is 15.9 Å². The van der Waals surface area contributed by atoms with Gasteiger partial charge in [0, 0.05) is 17.2 Å². The number of nitro groups is 1. The minimum atomic E-state index is -0.527. The van der Waals surface area contributed by atoms with E-state index in [1.807, 2.05) is 0 Å². The number of non-ortho nitro benzene ring substituents is 1. The van der Waals surface area contributed by atoms with Crippen molar-refractivity contribution in [3.05, 3.63) is 68.7 Å². The SMILES string of the molecule is COc1ccc(OC)c(C(=O)/C=C/c2cc([N+](=O)[O-])ccc2Cl)c1. The van der Waals surface area contributed by atoms with Crippen LogP contribution in [0.4, 0.5) is 5.69 Å². The summed E-state index contributed by atoms with van der Waals surface area (Å²) < 4.78 is 10.3. The first-order chi connectivity index (χ1) is 11.5. The molecule has 0 fully saturated rings. The molecule has 0 aliphatic rings. The minimum absolute atomic E-state index is 0.106. The van der Waals surface area contributed by atoms with Crippen LogP contribution in [0.25, 0.3) is 6.08 Å². The summed E-state index contributed by atoms with van der Waals surface area (Å²) in [6, 6.07) is 8.87. The van der Waals surface area contributed by atoms with E-state index in [9.17, 15) is 14.9 Å².